The smallest absolute Gasteiger partial charge is 0.119 e. The van der Waals surface area contributed by atoms with Crippen LogP contribution in [-0.2, 0) is 5.60 Å². The van der Waals surface area contributed by atoms with Crippen LogP contribution in [0.2, 0.25) is 0 Å². The largest absolute Gasteiger partial charge is 0.497 e. The maximum atomic E-state index is 10.7. The molecule has 0 bridgehead atoms. The van der Waals surface area contributed by atoms with Crippen LogP contribution in [0.1, 0.15) is 38.3 Å². The van der Waals surface area contributed by atoms with Gasteiger partial charge in [0.15, 0.2) is 0 Å². The first kappa shape index (κ1) is 13.0. The molecule has 1 rings (SSSR count). The Kier molecular flexibility index (Phi) is 3.98. The van der Waals surface area contributed by atoms with E-state index in [1.54, 1.807) is 7.11 Å². The summed E-state index contributed by atoms with van der Waals surface area (Å²) in [5, 5.41) is 10.7. The van der Waals surface area contributed by atoms with Crippen molar-refractivity contribution in [2.75, 3.05) is 7.11 Å². The molecule has 1 atom stereocenters. The third-order valence-electron chi connectivity index (χ3n) is 3.39. The van der Waals surface area contributed by atoms with E-state index in [1.165, 1.54) is 0 Å². The summed E-state index contributed by atoms with van der Waals surface area (Å²) in [6, 6.07) is 5.85. The molecule has 0 aliphatic heterocycles. The minimum atomic E-state index is -0.740. The van der Waals surface area contributed by atoms with Crippen LogP contribution in [0.15, 0.2) is 18.2 Å². The van der Waals surface area contributed by atoms with Crippen LogP contribution in [0.4, 0.5) is 0 Å². The van der Waals surface area contributed by atoms with Crippen LogP contribution in [0, 0.1) is 12.8 Å². The van der Waals surface area contributed by atoms with E-state index in [1.807, 2.05) is 45.9 Å². The van der Waals surface area contributed by atoms with Gasteiger partial charge < -0.3 is 9.84 Å². The fourth-order valence-electron chi connectivity index (χ4n) is 2.16. The Bertz CT molecular complexity index is 358. The Morgan fingerprint density at radius 1 is 1.38 bits per heavy atom. The molecule has 0 radical (unpaired) electrons. The normalized spacial score (nSPS) is 14.9. The lowest BCUT2D eigenvalue weighted by Gasteiger charge is -2.33. The number of hydrogen-bond donors (Lipinski definition) is 1. The number of aliphatic hydroxyl groups is 1. The lowest BCUT2D eigenvalue weighted by atomic mass is 9.79. The maximum Gasteiger partial charge on any atom is 0.119 e. The first-order valence-corrected chi connectivity index (χ1v) is 5.83. The quantitative estimate of drug-likeness (QED) is 0.847. The van der Waals surface area contributed by atoms with E-state index in [-0.39, 0.29) is 5.92 Å². The summed E-state index contributed by atoms with van der Waals surface area (Å²) in [7, 11) is 1.66. The third-order valence-corrected chi connectivity index (χ3v) is 3.39. The molecule has 0 saturated heterocycles. The summed E-state index contributed by atoms with van der Waals surface area (Å²) >= 11 is 0. The molecule has 1 unspecified atom stereocenters. The molecule has 1 N–H and O–H groups in total. The second-order valence-corrected chi connectivity index (χ2v) is 4.61. The van der Waals surface area contributed by atoms with E-state index < -0.39 is 5.60 Å². The lowest BCUT2D eigenvalue weighted by Crippen LogP contribution is -2.32. The number of ether oxygens (including phenoxy) is 1. The van der Waals surface area contributed by atoms with Gasteiger partial charge in [-0.25, -0.2) is 0 Å². The summed E-state index contributed by atoms with van der Waals surface area (Å²) in [6.45, 7) is 8.13. The molecule has 0 heterocycles. The highest BCUT2D eigenvalue weighted by Crippen LogP contribution is 2.35. The van der Waals surface area contributed by atoms with E-state index in [2.05, 4.69) is 0 Å². The Morgan fingerprint density at radius 2 is 2.00 bits per heavy atom. The van der Waals surface area contributed by atoms with Gasteiger partial charge in [-0.15, -0.1) is 0 Å². The van der Waals surface area contributed by atoms with Gasteiger partial charge in [0.05, 0.1) is 12.7 Å². The average Bonchev–Trinajstić information content (AvgIpc) is 2.27. The molecule has 2 heteroatoms. The van der Waals surface area contributed by atoms with Crippen molar-refractivity contribution in [1.82, 2.24) is 0 Å². The first-order chi connectivity index (χ1) is 7.45. The maximum absolute atomic E-state index is 10.7. The molecule has 16 heavy (non-hydrogen) atoms. The van der Waals surface area contributed by atoms with Gasteiger partial charge in [-0.3, -0.25) is 0 Å². The second kappa shape index (κ2) is 4.88. The van der Waals surface area contributed by atoms with Crippen LogP contribution < -0.4 is 4.74 Å². The Balaban J connectivity index is 3.21. The van der Waals surface area contributed by atoms with Crippen molar-refractivity contribution < 1.29 is 9.84 Å². The van der Waals surface area contributed by atoms with Crippen LogP contribution in [0.5, 0.6) is 5.75 Å². The number of hydrogen-bond acceptors (Lipinski definition) is 2. The van der Waals surface area contributed by atoms with Crippen molar-refractivity contribution in [2.24, 2.45) is 5.92 Å². The zero-order valence-corrected chi connectivity index (χ0v) is 10.9. The molecule has 0 saturated carbocycles. The minimum Gasteiger partial charge on any atom is -0.497 e. The van der Waals surface area contributed by atoms with E-state index >= 15 is 0 Å². The van der Waals surface area contributed by atoms with Gasteiger partial charge >= 0.3 is 0 Å². The Hall–Kier alpha value is -1.02. The SMILES string of the molecule is CCC(O)(c1ccc(OC)cc1C)C(C)C. The summed E-state index contributed by atoms with van der Waals surface area (Å²) in [6.07, 6.45) is 0.720. The van der Waals surface area contributed by atoms with E-state index in [0.717, 1.165) is 23.3 Å². The van der Waals surface area contributed by atoms with Gasteiger partial charge in [0.2, 0.25) is 0 Å². The summed E-state index contributed by atoms with van der Waals surface area (Å²) in [4.78, 5) is 0. The molecule has 0 aliphatic rings. The fraction of sp³-hybridized carbons (Fsp3) is 0.571. The molecule has 0 spiro atoms. The molecule has 0 aliphatic carbocycles. The predicted octanol–water partition coefficient (Wildman–Crippen LogP) is 3.26. The Labute approximate surface area is 98.3 Å². The highest BCUT2D eigenvalue weighted by atomic mass is 16.5. The van der Waals surface area contributed by atoms with Gasteiger partial charge in [-0.05, 0) is 42.5 Å². The van der Waals surface area contributed by atoms with Crippen molar-refractivity contribution in [3.05, 3.63) is 29.3 Å². The van der Waals surface area contributed by atoms with Gasteiger partial charge in [0.25, 0.3) is 0 Å². The second-order valence-electron chi connectivity index (χ2n) is 4.61. The molecular formula is C14H22O2. The number of rotatable bonds is 4. The highest BCUT2D eigenvalue weighted by molar-refractivity contribution is 5.38. The number of benzene rings is 1. The third kappa shape index (κ3) is 2.22. The molecule has 0 fully saturated rings. The number of aryl methyl sites for hydroxylation is 1. The van der Waals surface area contributed by atoms with Crippen molar-refractivity contribution >= 4 is 0 Å². The average molecular weight is 222 g/mol. The number of methoxy groups -OCH3 is 1. The zero-order valence-electron chi connectivity index (χ0n) is 10.9. The van der Waals surface area contributed by atoms with Gasteiger partial charge in [-0.1, -0.05) is 26.8 Å². The van der Waals surface area contributed by atoms with Crippen LogP contribution in [-0.4, -0.2) is 12.2 Å². The summed E-state index contributed by atoms with van der Waals surface area (Å²) in [5.41, 5.74) is 1.35. The van der Waals surface area contributed by atoms with Crippen LogP contribution in [0.25, 0.3) is 0 Å². The molecule has 0 aromatic heterocycles. The fourth-order valence-corrected chi connectivity index (χ4v) is 2.16. The van der Waals surface area contributed by atoms with E-state index in [9.17, 15) is 5.11 Å². The molecule has 1 aromatic carbocycles. The monoisotopic (exact) mass is 222 g/mol. The van der Waals surface area contributed by atoms with Crippen molar-refractivity contribution in [3.8, 4) is 5.75 Å². The summed E-state index contributed by atoms with van der Waals surface area (Å²) < 4.78 is 5.18. The van der Waals surface area contributed by atoms with Crippen LogP contribution in [0.3, 0.4) is 0 Å². The van der Waals surface area contributed by atoms with Crippen molar-refractivity contribution in [2.45, 2.75) is 39.7 Å². The lowest BCUT2D eigenvalue weighted by molar-refractivity contribution is -0.0146. The molecule has 2 nitrogen and oxygen atoms in total. The summed E-state index contributed by atoms with van der Waals surface area (Å²) in [5.74, 6) is 1.04. The topological polar surface area (TPSA) is 29.5 Å². The molecule has 0 amide bonds. The highest BCUT2D eigenvalue weighted by Gasteiger charge is 2.32. The van der Waals surface area contributed by atoms with Crippen LogP contribution >= 0.6 is 0 Å². The Morgan fingerprint density at radius 3 is 2.38 bits per heavy atom. The van der Waals surface area contributed by atoms with E-state index in [4.69, 9.17) is 4.74 Å². The van der Waals surface area contributed by atoms with E-state index in [0.29, 0.717) is 0 Å². The predicted molar refractivity (Wildman–Crippen MR) is 66.8 cm³/mol. The zero-order chi connectivity index (χ0) is 12.3. The first-order valence-electron chi connectivity index (χ1n) is 5.83. The van der Waals surface area contributed by atoms with Gasteiger partial charge in [0, 0.05) is 0 Å². The van der Waals surface area contributed by atoms with Crippen molar-refractivity contribution in [3.63, 3.8) is 0 Å². The van der Waals surface area contributed by atoms with Crippen molar-refractivity contribution in [1.29, 1.82) is 0 Å². The molecule has 90 valence electrons. The molecular weight excluding hydrogens is 200 g/mol. The molecule has 1 aromatic rings. The minimum absolute atomic E-state index is 0.199. The standard InChI is InChI=1S/C14H22O2/c1-6-14(15,10(2)3)13-8-7-12(16-5)9-11(13)4/h7-10,15H,6H2,1-5H3. The van der Waals surface area contributed by atoms with Gasteiger partial charge in [0.1, 0.15) is 5.75 Å². The van der Waals surface area contributed by atoms with Gasteiger partial charge in [-0.2, -0.15) is 0 Å².